The zero-order chi connectivity index (χ0) is 17.0. The molecule has 1 N–H and O–H groups in total. The summed E-state index contributed by atoms with van der Waals surface area (Å²) in [6, 6.07) is 6.90. The molecule has 23 heavy (non-hydrogen) atoms. The summed E-state index contributed by atoms with van der Waals surface area (Å²) in [6.07, 6.45) is 2.84. The van der Waals surface area contributed by atoms with Crippen LogP contribution in [0.2, 0.25) is 0 Å². The third-order valence-electron chi connectivity index (χ3n) is 4.26. The number of likely N-dealkylation sites (tertiary alicyclic amines) is 1. The van der Waals surface area contributed by atoms with Gasteiger partial charge in [0.1, 0.15) is 5.60 Å². The van der Waals surface area contributed by atoms with Gasteiger partial charge >= 0.3 is 6.09 Å². The van der Waals surface area contributed by atoms with Crippen molar-refractivity contribution in [2.75, 3.05) is 18.4 Å². The fraction of sp³-hybridized carbons (Fsp3) is 0.632. The molecule has 2 rings (SSSR count). The largest absolute Gasteiger partial charge is 0.444 e. The van der Waals surface area contributed by atoms with Gasteiger partial charge < -0.3 is 15.0 Å². The molecule has 1 amide bonds. The van der Waals surface area contributed by atoms with Gasteiger partial charge in [-0.25, -0.2) is 4.79 Å². The lowest BCUT2D eigenvalue weighted by Gasteiger charge is -2.26. The van der Waals surface area contributed by atoms with Crippen LogP contribution in [0.1, 0.15) is 51.2 Å². The van der Waals surface area contributed by atoms with Crippen LogP contribution in [0.4, 0.5) is 10.5 Å². The topological polar surface area (TPSA) is 41.6 Å². The number of hydrogen-bond donors (Lipinski definition) is 1. The van der Waals surface area contributed by atoms with Crippen LogP contribution in [0.15, 0.2) is 18.2 Å². The van der Waals surface area contributed by atoms with Crippen molar-refractivity contribution < 1.29 is 9.53 Å². The summed E-state index contributed by atoms with van der Waals surface area (Å²) in [5, 5.41) is 3.62. The van der Waals surface area contributed by atoms with Crippen LogP contribution < -0.4 is 5.32 Å². The number of nitrogens with zero attached hydrogens (tertiary/aromatic N) is 1. The maximum Gasteiger partial charge on any atom is 0.410 e. The van der Waals surface area contributed by atoms with E-state index in [0.717, 1.165) is 32.4 Å². The first-order valence-electron chi connectivity index (χ1n) is 8.56. The maximum atomic E-state index is 12.2. The second-order valence-corrected chi connectivity index (χ2v) is 7.54. The van der Waals surface area contributed by atoms with Crippen molar-refractivity contribution in [2.24, 2.45) is 0 Å². The fourth-order valence-electron chi connectivity index (χ4n) is 2.82. The van der Waals surface area contributed by atoms with Gasteiger partial charge in [0.15, 0.2) is 0 Å². The Kier molecular flexibility index (Phi) is 5.55. The zero-order valence-corrected chi connectivity index (χ0v) is 15.1. The van der Waals surface area contributed by atoms with Gasteiger partial charge in [0.05, 0.1) is 0 Å². The Labute approximate surface area is 140 Å². The summed E-state index contributed by atoms with van der Waals surface area (Å²) in [6.45, 7) is 11.5. The van der Waals surface area contributed by atoms with Crippen LogP contribution in [-0.2, 0) is 4.74 Å². The van der Waals surface area contributed by atoms with E-state index >= 15 is 0 Å². The van der Waals surface area contributed by atoms with E-state index in [-0.39, 0.29) is 6.09 Å². The monoisotopic (exact) mass is 318 g/mol. The summed E-state index contributed by atoms with van der Waals surface area (Å²) in [4.78, 5) is 14.0. The first-order valence-corrected chi connectivity index (χ1v) is 8.56. The summed E-state index contributed by atoms with van der Waals surface area (Å²) in [5.74, 6) is 0. The zero-order valence-electron chi connectivity index (χ0n) is 15.1. The summed E-state index contributed by atoms with van der Waals surface area (Å²) < 4.78 is 5.48. The number of ether oxygens (including phenoxy) is 1. The van der Waals surface area contributed by atoms with Gasteiger partial charge in [-0.2, -0.15) is 0 Å². The number of hydrogen-bond acceptors (Lipinski definition) is 3. The van der Waals surface area contributed by atoms with E-state index in [4.69, 9.17) is 4.74 Å². The molecule has 1 aromatic carbocycles. The molecule has 0 spiro atoms. The van der Waals surface area contributed by atoms with E-state index < -0.39 is 5.60 Å². The number of nitrogens with one attached hydrogen (secondary N) is 1. The molecule has 0 aliphatic carbocycles. The molecule has 1 atom stereocenters. The van der Waals surface area contributed by atoms with Crippen LogP contribution in [0.5, 0.6) is 0 Å². The third kappa shape index (κ3) is 5.45. The van der Waals surface area contributed by atoms with Crippen molar-refractivity contribution in [3.8, 4) is 0 Å². The maximum absolute atomic E-state index is 12.2. The normalized spacial score (nSPS) is 19.2. The molecule has 0 radical (unpaired) electrons. The Balaban J connectivity index is 1.90. The van der Waals surface area contributed by atoms with E-state index in [1.165, 1.54) is 16.8 Å². The van der Waals surface area contributed by atoms with Crippen molar-refractivity contribution in [3.05, 3.63) is 29.3 Å². The van der Waals surface area contributed by atoms with Crippen LogP contribution >= 0.6 is 0 Å². The van der Waals surface area contributed by atoms with Gasteiger partial charge in [0.25, 0.3) is 0 Å². The van der Waals surface area contributed by atoms with Gasteiger partial charge in [-0.3, -0.25) is 0 Å². The molecule has 1 heterocycles. The van der Waals surface area contributed by atoms with Crippen LogP contribution in [0, 0.1) is 13.8 Å². The van der Waals surface area contributed by atoms with Crippen molar-refractivity contribution in [1.82, 2.24) is 4.90 Å². The molecule has 1 aliphatic rings. The number of rotatable bonds is 2. The van der Waals surface area contributed by atoms with Gasteiger partial charge in [-0.05, 0) is 77.1 Å². The molecule has 0 bridgehead atoms. The van der Waals surface area contributed by atoms with Crippen LogP contribution in [-0.4, -0.2) is 35.7 Å². The molecule has 0 saturated carbocycles. The molecule has 1 aliphatic heterocycles. The average molecular weight is 318 g/mol. The van der Waals surface area contributed by atoms with E-state index in [1.54, 1.807) is 0 Å². The van der Waals surface area contributed by atoms with E-state index in [0.29, 0.717) is 6.04 Å². The Morgan fingerprint density at radius 2 is 1.91 bits per heavy atom. The number of benzene rings is 1. The molecule has 1 saturated heterocycles. The van der Waals surface area contributed by atoms with E-state index in [2.05, 4.69) is 37.4 Å². The molecular formula is C19H30N2O2. The second kappa shape index (κ2) is 7.24. The van der Waals surface area contributed by atoms with E-state index in [1.807, 2.05) is 25.7 Å². The predicted molar refractivity (Wildman–Crippen MR) is 95.0 cm³/mol. The molecule has 0 aromatic heterocycles. The van der Waals surface area contributed by atoms with Gasteiger partial charge in [0.2, 0.25) is 0 Å². The average Bonchev–Trinajstić information content (AvgIpc) is 2.67. The fourth-order valence-corrected chi connectivity index (χ4v) is 2.82. The molecule has 128 valence electrons. The minimum atomic E-state index is -0.430. The molecule has 1 unspecified atom stereocenters. The number of aryl methyl sites for hydroxylation is 2. The third-order valence-corrected chi connectivity index (χ3v) is 4.26. The number of carbonyl (C=O) groups excluding carboxylic acids is 1. The number of amides is 1. The van der Waals surface area contributed by atoms with Crippen molar-refractivity contribution in [3.63, 3.8) is 0 Å². The van der Waals surface area contributed by atoms with Crippen molar-refractivity contribution in [2.45, 2.75) is 65.5 Å². The van der Waals surface area contributed by atoms with Crippen LogP contribution in [0.3, 0.4) is 0 Å². The lowest BCUT2D eigenvalue weighted by Crippen LogP contribution is -2.37. The summed E-state index contributed by atoms with van der Waals surface area (Å²) in [7, 11) is 0. The van der Waals surface area contributed by atoms with E-state index in [9.17, 15) is 4.79 Å². The minimum absolute atomic E-state index is 0.190. The predicted octanol–water partition coefficient (Wildman–Crippen LogP) is 4.50. The molecule has 1 fully saturated rings. The van der Waals surface area contributed by atoms with Gasteiger partial charge in [0, 0.05) is 24.8 Å². The quantitative estimate of drug-likeness (QED) is 0.872. The standard InChI is InChI=1S/C19H30N2O2/c1-14-8-9-17(13-15(14)2)20-16-7-6-11-21(12-10-16)18(22)23-19(3,4)5/h8-9,13,16,20H,6-7,10-12H2,1-5H3. The highest BCUT2D eigenvalue weighted by Crippen LogP contribution is 2.20. The molecule has 1 aromatic rings. The Morgan fingerprint density at radius 3 is 2.57 bits per heavy atom. The summed E-state index contributed by atoms with van der Waals surface area (Å²) in [5.41, 5.74) is 3.36. The lowest BCUT2D eigenvalue weighted by atomic mass is 10.1. The van der Waals surface area contributed by atoms with Crippen molar-refractivity contribution in [1.29, 1.82) is 0 Å². The van der Waals surface area contributed by atoms with Crippen molar-refractivity contribution >= 4 is 11.8 Å². The first kappa shape index (κ1) is 17.6. The second-order valence-electron chi connectivity index (χ2n) is 7.54. The molecule has 4 nitrogen and oxygen atoms in total. The number of anilines is 1. The Hall–Kier alpha value is -1.71. The number of carbonyl (C=O) groups is 1. The molecule has 4 heteroatoms. The SMILES string of the molecule is Cc1ccc(NC2CCCN(C(=O)OC(C)(C)C)CC2)cc1C. The molecular weight excluding hydrogens is 288 g/mol. The van der Waals surface area contributed by atoms with Gasteiger partial charge in [-0.1, -0.05) is 6.07 Å². The highest BCUT2D eigenvalue weighted by Gasteiger charge is 2.25. The minimum Gasteiger partial charge on any atom is -0.444 e. The Morgan fingerprint density at radius 1 is 1.17 bits per heavy atom. The highest BCUT2D eigenvalue weighted by atomic mass is 16.6. The Bertz CT molecular complexity index is 549. The smallest absolute Gasteiger partial charge is 0.410 e. The summed E-state index contributed by atoms with van der Waals surface area (Å²) >= 11 is 0. The lowest BCUT2D eigenvalue weighted by molar-refractivity contribution is 0.0256. The van der Waals surface area contributed by atoms with Gasteiger partial charge in [-0.15, -0.1) is 0 Å². The first-order chi connectivity index (χ1) is 10.7. The highest BCUT2D eigenvalue weighted by molar-refractivity contribution is 5.68. The van der Waals surface area contributed by atoms with Crippen LogP contribution in [0.25, 0.3) is 0 Å².